The van der Waals surface area contributed by atoms with Crippen LogP contribution in [-0.4, -0.2) is 9.90 Å². The van der Waals surface area contributed by atoms with Gasteiger partial charge >= 0.3 is 0 Å². The molecule has 0 amide bonds. The first-order valence-corrected chi connectivity index (χ1v) is 8.02. The number of hydrogen-bond donors (Lipinski definition) is 0. The van der Waals surface area contributed by atoms with E-state index in [2.05, 4.69) is 50.8 Å². The third kappa shape index (κ3) is 9.15. The van der Waals surface area contributed by atoms with Gasteiger partial charge in [0.25, 0.3) is 0 Å². The zero-order valence-corrected chi connectivity index (χ0v) is 14.6. The summed E-state index contributed by atoms with van der Waals surface area (Å²) in [4.78, 5) is 0. The summed E-state index contributed by atoms with van der Waals surface area (Å²) in [6, 6.07) is 0. The van der Waals surface area contributed by atoms with E-state index in [4.69, 9.17) is 0 Å². The van der Waals surface area contributed by atoms with E-state index in [1.54, 1.807) is 0 Å². The van der Waals surface area contributed by atoms with Gasteiger partial charge in [-0.2, -0.15) is 0 Å². The molecule has 2 nitrogen and oxygen atoms in total. The SMILES string of the molecule is C[n+]1ccn(CCCCCCCCCCBr)c1.[Br-]. The Morgan fingerprint density at radius 3 is 2.00 bits per heavy atom. The summed E-state index contributed by atoms with van der Waals surface area (Å²) in [5, 5.41) is 1.17. The van der Waals surface area contributed by atoms with E-state index in [1.807, 2.05) is 0 Å². The van der Waals surface area contributed by atoms with Gasteiger partial charge < -0.3 is 17.0 Å². The Morgan fingerprint density at radius 2 is 1.50 bits per heavy atom. The minimum atomic E-state index is 0. The second-order valence-corrected chi connectivity index (χ2v) is 5.63. The summed E-state index contributed by atoms with van der Waals surface area (Å²) in [5.41, 5.74) is 0. The fourth-order valence-corrected chi connectivity index (χ4v) is 2.48. The summed E-state index contributed by atoms with van der Waals surface area (Å²) >= 11 is 3.47. The second-order valence-electron chi connectivity index (χ2n) is 4.83. The molecule has 1 aromatic heterocycles. The first-order valence-electron chi connectivity index (χ1n) is 6.90. The third-order valence-electron chi connectivity index (χ3n) is 3.12. The number of rotatable bonds is 10. The van der Waals surface area contributed by atoms with Crippen molar-refractivity contribution in [1.82, 2.24) is 4.57 Å². The van der Waals surface area contributed by atoms with Crippen LogP contribution in [0, 0.1) is 0 Å². The molecule has 0 spiro atoms. The van der Waals surface area contributed by atoms with Gasteiger partial charge in [0.2, 0.25) is 6.33 Å². The lowest BCUT2D eigenvalue weighted by atomic mass is 10.1. The largest absolute Gasteiger partial charge is 1.00 e. The predicted molar refractivity (Wildman–Crippen MR) is 76.3 cm³/mol. The average Bonchev–Trinajstić information content (AvgIpc) is 2.73. The number of nitrogens with zero attached hydrogens (tertiary/aromatic N) is 2. The summed E-state index contributed by atoms with van der Waals surface area (Å²) in [7, 11) is 2.07. The molecule has 0 aliphatic carbocycles. The van der Waals surface area contributed by atoms with E-state index < -0.39 is 0 Å². The summed E-state index contributed by atoms with van der Waals surface area (Å²) < 4.78 is 4.37. The molecule has 0 bridgehead atoms. The van der Waals surface area contributed by atoms with Crippen molar-refractivity contribution in [2.45, 2.75) is 57.9 Å². The standard InChI is InChI=1S/C14H26BrN2.BrH/c1-16-12-13-17(14-16)11-9-7-5-3-2-4-6-8-10-15;/h12-14H,2-11H2,1H3;1H/q+1;/p-1. The van der Waals surface area contributed by atoms with Gasteiger partial charge in [0.1, 0.15) is 12.4 Å². The monoisotopic (exact) mass is 380 g/mol. The number of alkyl halides is 1. The van der Waals surface area contributed by atoms with Gasteiger partial charge in [-0.3, -0.25) is 0 Å². The summed E-state index contributed by atoms with van der Waals surface area (Å²) in [5.74, 6) is 0. The molecule has 0 unspecified atom stereocenters. The molecule has 0 aliphatic rings. The lowest BCUT2D eigenvalue weighted by Crippen LogP contribution is -3.00. The van der Waals surface area contributed by atoms with Crippen molar-refractivity contribution >= 4 is 15.9 Å². The van der Waals surface area contributed by atoms with Crippen LogP contribution in [0.4, 0.5) is 0 Å². The van der Waals surface area contributed by atoms with Crippen molar-refractivity contribution in [1.29, 1.82) is 0 Å². The van der Waals surface area contributed by atoms with Crippen LogP contribution in [0.25, 0.3) is 0 Å². The molecule has 0 fully saturated rings. The number of hydrogen-bond acceptors (Lipinski definition) is 0. The van der Waals surface area contributed by atoms with Crippen LogP contribution in [0.2, 0.25) is 0 Å². The maximum atomic E-state index is 3.47. The van der Waals surface area contributed by atoms with Crippen LogP contribution < -0.4 is 21.5 Å². The van der Waals surface area contributed by atoms with E-state index in [9.17, 15) is 0 Å². The lowest BCUT2D eigenvalue weighted by molar-refractivity contribution is -0.671. The van der Waals surface area contributed by atoms with E-state index in [1.165, 1.54) is 63.2 Å². The van der Waals surface area contributed by atoms with Crippen molar-refractivity contribution in [3.8, 4) is 0 Å². The van der Waals surface area contributed by atoms with E-state index in [0.29, 0.717) is 0 Å². The minimum Gasteiger partial charge on any atom is -1.00 e. The minimum absolute atomic E-state index is 0. The third-order valence-corrected chi connectivity index (χ3v) is 3.68. The molecular formula is C14H26Br2N2. The molecule has 0 saturated heterocycles. The Kier molecular flexibility index (Phi) is 12.3. The van der Waals surface area contributed by atoms with E-state index >= 15 is 0 Å². The lowest BCUT2D eigenvalue weighted by Gasteiger charge is -2.00. The molecule has 1 rings (SSSR count). The zero-order chi connectivity index (χ0) is 12.3. The maximum Gasteiger partial charge on any atom is 0.243 e. The highest BCUT2D eigenvalue weighted by molar-refractivity contribution is 9.09. The van der Waals surface area contributed by atoms with Crippen molar-refractivity contribution < 1.29 is 21.5 Å². The Bertz CT molecular complexity index is 287. The molecule has 1 aromatic rings. The molecule has 0 saturated carbocycles. The molecule has 1 heterocycles. The number of imidazole rings is 1. The molecular weight excluding hydrogens is 356 g/mol. The zero-order valence-electron chi connectivity index (χ0n) is 11.5. The highest BCUT2D eigenvalue weighted by atomic mass is 79.9. The molecule has 0 N–H and O–H groups in total. The van der Waals surface area contributed by atoms with Gasteiger partial charge in [0.05, 0.1) is 13.6 Å². The predicted octanol–water partition coefficient (Wildman–Crippen LogP) is 0.832. The summed E-state index contributed by atoms with van der Waals surface area (Å²) in [6.45, 7) is 1.17. The fraction of sp³-hybridized carbons (Fsp3) is 0.786. The molecule has 106 valence electrons. The molecule has 4 heteroatoms. The number of halogens is 2. The molecule has 0 aromatic carbocycles. The summed E-state index contributed by atoms with van der Waals surface area (Å²) in [6.07, 6.45) is 17.5. The molecule has 18 heavy (non-hydrogen) atoms. The van der Waals surface area contributed by atoms with Crippen LogP contribution in [-0.2, 0) is 13.6 Å². The maximum absolute atomic E-state index is 3.47. The van der Waals surface area contributed by atoms with Crippen molar-refractivity contribution in [3.05, 3.63) is 18.7 Å². The van der Waals surface area contributed by atoms with Crippen LogP contribution >= 0.6 is 15.9 Å². The number of aryl methyl sites for hydroxylation is 2. The normalized spacial score (nSPS) is 10.3. The van der Waals surface area contributed by atoms with Gasteiger partial charge in [-0.25, -0.2) is 9.13 Å². The van der Waals surface area contributed by atoms with Crippen molar-refractivity contribution in [2.75, 3.05) is 5.33 Å². The van der Waals surface area contributed by atoms with Gasteiger partial charge in [0.15, 0.2) is 0 Å². The molecule has 0 aliphatic heterocycles. The first kappa shape index (κ1) is 18.2. The molecule has 0 radical (unpaired) electrons. The number of aromatic nitrogens is 2. The first-order chi connectivity index (χ1) is 8.33. The fourth-order valence-electron chi connectivity index (χ4n) is 2.08. The van der Waals surface area contributed by atoms with Gasteiger partial charge in [0, 0.05) is 5.33 Å². The van der Waals surface area contributed by atoms with E-state index in [0.717, 1.165) is 0 Å². The smallest absolute Gasteiger partial charge is 0.243 e. The van der Waals surface area contributed by atoms with Gasteiger partial charge in [-0.15, -0.1) is 0 Å². The van der Waals surface area contributed by atoms with Gasteiger partial charge in [-0.1, -0.05) is 48.0 Å². The number of unbranched alkanes of at least 4 members (excludes halogenated alkanes) is 7. The Morgan fingerprint density at radius 1 is 0.944 bits per heavy atom. The van der Waals surface area contributed by atoms with Crippen molar-refractivity contribution in [3.63, 3.8) is 0 Å². The Balaban J connectivity index is 0.00000289. The van der Waals surface area contributed by atoms with Crippen LogP contribution in [0.3, 0.4) is 0 Å². The topological polar surface area (TPSA) is 8.81 Å². The average molecular weight is 382 g/mol. The van der Waals surface area contributed by atoms with Gasteiger partial charge in [-0.05, 0) is 19.3 Å². The highest BCUT2D eigenvalue weighted by Crippen LogP contribution is 2.09. The molecule has 0 atom stereocenters. The highest BCUT2D eigenvalue weighted by Gasteiger charge is 1.99. The van der Waals surface area contributed by atoms with Crippen LogP contribution in [0.1, 0.15) is 51.4 Å². The second kappa shape index (κ2) is 12.2. The quantitative estimate of drug-likeness (QED) is 0.322. The van der Waals surface area contributed by atoms with Crippen LogP contribution in [0.15, 0.2) is 18.7 Å². The Labute approximate surface area is 131 Å². The van der Waals surface area contributed by atoms with E-state index in [-0.39, 0.29) is 17.0 Å². The Hall–Kier alpha value is 0.170. The van der Waals surface area contributed by atoms with Crippen LogP contribution in [0.5, 0.6) is 0 Å². The van der Waals surface area contributed by atoms with Crippen molar-refractivity contribution in [2.24, 2.45) is 7.05 Å².